The van der Waals surface area contributed by atoms with Crippen LogP contribution in [0, 0.1) is 5.92 Å². The van der Waals surface area contributed by atoms with E-state index in [4.69, 9.17) is 14.2 Å². The molecule has 1 amide bonds. The largest absolute Gasteiger partial charge is 0.493 e. The molecule has 4 unspecified atom stereocenters. The molecule has 1 saturated heterocycles. The van der Waals surface area contributed by atoms with E-state index in [0.29, 0.717) is 29.2 Å². The third-order valence-electron chi connectivity index (χ3n) is 5.73. The van der Waals surface area contributed by atoms with Gasteiger partial charge < -0.3 is 24.8 Å². The Bertz CT molecular complexity index is 610. The summed E-state index contributed by atoms with van der Waals surface area (Å²) in [5, 5.41) is 6.67. The number of carbonyl (C=O) groups is 1. The van der Waals surface area contributed by atoms with Crippen LogP contribution in [0.2, 0.25) is 0 Å². The molecule has 0 spiro atoms. The van der Waals surface area contributed by atoms with E-state index in [9.17, 15) is 4.79 Å². The van der Waals surface area contributed by atoms with Crippen molar-refractivity contribution < 1.29 is 19.0 Å². The fourth-order valence-corrected chi connectivity index (χ4v) is 4.27. The number of methoxy groups -OCH3 is 3. The lowest BCUT2D eigenvalue weighted by Gasteiger charge is -2.24. The molecule has 1 aromatic rings. The first kappa shape index (κ1) is 18.8. The summed E-state index contributed by atoms with van der Waals surface area (Å²) in [6, 6.07) is 4.03. The minimum Gasteiger partial charge on any atom is -0.493 e. The lowest BCUT2D eigenvalue weighted by molar-refractivity contribution is -0.123. The molecule has 3 rings (SSSR count). The van der Waals surface area contributed by atoms with Crippen LogP contribution in [0.5, 0.6) is 17.2 Å². The maximum atomic E-state index is 12.7. The summed E-state index contributed by atoms with van der Waals surface area (Å²) < 4.78 is 16.2. The predicted molar refractivity (Wildman–Crippen MR) is 99.9 cm³/mol. The Morgan fingerprint density at radius 2 is 1.77 bits per heavy atom. The average molecular weight is 362 g/mol. The number of ether oxygens (including phenoxy) is 3. The van der Waals surface area contributed by atoms with Crippen LogP contribution in [0.15, 0.2) is 12.1 Å². The maximum absolute atomic E-state index is 12.7. The van der Waals surface area contributed by atoms with Crippen molar-refractivity contribution in [2.24, 2.45) is 5.92 Å². The molecule has 1 saturated carbocycles. The molecule has 1 aromatic carbocycles. The Morgan fingerprint density at radius 1 is 1.12 bits per heavy atom. The molecule has 1 aliphatic heterocycles. The quantitative estimate of drug-likeness (QED) is 0.814. The van der Waals surface area contributed by atoms with Crippen molar-refractivity contribution in [3.05, 3.63) is 17.7 Å². The topological polar surface area (TPSA) is 68.8 Å². The zero-order chi connectivity index (χ0) is 18.7. The number of amides is 1. The van der Waals surface area contributed by atoms with Gasteiger partial charge in [-0.15, -0.1) is 0 Å². The van der Waals surface area contributed by atoms with Crippen LogP contribution in [0.4, 0.5) is 0 Å². The molecule has 2 aliphatic rings. The van der Waals surface area contributed by atoms with Crippen LogP contribution in [0.1, 0.15) is 50.6 Å². The summed E-state index contributed by atoms with van der Waals surface area (Å²) in [5.41, 5.74) is 0.920. The van der Waals surface area contributed by atoms with Gasteiger partial charge in [0.1, 0.15) is 0 Å². The van der Waals surface area contributed by atoms with Crippen molar-refractivity contribution in [1.82, 2.24) is 10.6 Å². The first-order valence-electron chi connectivity index (χ1n) is 9.43. The Morgan fingerprint density at radius 3 is 2.35 bits per heavy atom. The minimum absolute atomic E-state index is 0.0700. The molecule has 2 fully saturated rings. The number of fused-ring (bicyclic) bond motifs is 1. The highest BCUT2D eigenvalue weighted by Crippen LogP contribution is 2.40. The molecule has 2 N–H and O–H groups in total. The zero-order valence-electron chi connectivity index (χ0n) is 16.1. The van der Waals surface area contributed by atoms with E-state index in [1.807, 2.05) is 19.1 Å². The molecule has 0 radical (unpaired) electrons. The highest BCUT2D eigenvalue weighted by molar-refractivity contribution is 5.82. The van der Waals surface area contributed by atoms with Gasteiger partial charge in [-0.05, 0) is 49.8 Å². The van der Waals surface area contributed by atoms with Crippen molar-refractivity contribution in [2.75, 3.05) is 21.3 Å². The molecule has 144 valence electrons. The number of hydrogen-bond acceptors (Lipinski definition) is 5. The van der Waals surface area contributed by atoms with E-state index < -0.39 is 0 Å². The van der Waals surface area contributed by atoms with Crippen LogP contribution in [0.25, 0.3) is 0 Å². The number of benzene rings is 1. The second-order valence-electron chi connectivity index (χ2n) is 7.29. The van der Waals surface area contributed by atoms with E-state index in [-0.39, 0.29) is 18.0 Å². The first-order valence-corrected chi connectivity index (χ1v) is 9.43. The van der Waals surface area contributed by atoms with Gasteiger partial charge in [-0.2, -0.15) is 0 Å². The Hall–Kier alpha value is -1.95. The molecule has 4 atom stereocenters. The standard InChI is InChI=1S/C20H30N2O4/c1-12(14-10-17(24-2)19(26-4)18(11-14)25-3)21-20(23)16-9-13-7-5-6-8-15(13)22-16/h10-13,15-16,22H,5-9H2,1-4H3,(H,21,23). The number of rotatable bonds is 6. The summed E-state index contributed by atoms with van der Waals surface area (Å²) in [7, 11) is 4.76. The molecule has 26 heavy (non-hydrogen) atoms. The molecule has 1 aliphatic carbocycles. The van der Waals surface area contributed by atoms with Gasteiger partial charge >= 0.3 is 0 Å². The SMILES string of the molecule is COc1cc(C(C)NC(=O)C2CC3CCCCC3N2)cc(OC)c1OC. The van der Waals surface area contributed by atoms with E-state index in [2.05, 4.69) is 10.6 Å². The van der Waals surface area contributed by atoms with Crippen molar-refractivity contribution in [2.45, 2.75) is 57.2 Å². The van der Waals surface area contributed by atoms with Crippen LogP contribution in [-0.2, 0) is 4.79 Å². The van der Waals surface area contributed by atoms with Gasteiger partial charge in [-0.25, -0.2) is 0 Å². The molecule has 0 bridgehead atoms. The van der Waals surface area contributed by atoms with Gasteiger partial charge in [0.05, 0.1) is 33.4 Å². The lowest BCUT2D eigenvalue weighted by Crippen LogP contribution is -2.43. The molecular weight excluding hydrogens is 332 g/mol. The molecule has 6 heteroatoms. The van der Waals surface area contributed by atoms with E-state index in [0.717, 1.165) is 12.0 Å². The fourth-order valence-electron chi connectivity index (χ4n) is 4.27. The van der Waals surface area contributed by atoms with Gasteiger partial charge in [-0.3, -0.25) is 4.79 Å². The monoisotopic (exact) mass is 362 g/mol. The Balaban J connectivity index is 1.69. The maximum Gasteiger partial charge on any atom is 0.237 e. The smallest absolute Gasteiger partial charge is 0.237 e. The van der Waals surface area contributed by atoms with Crippen molar-refractivity contribution >= 4 is 5.91 Å². The highest BCUT2D eigenvalue weighted by atomic mass is 16.5. The van der Waals surface area contributed by atoms with E-state index >= 15 is 0 Å². The van der Waals surface area contributed by atoms with Gasteiger partial charge in [0.25, 0.3) is 0 Å². The van der Waals surface area contributed by atoms with Crippen LogP contribution in [-0.4, -0.2) is 39.3 Å². The second-order valence-corrected chi connectivity index (χ2v) is 7.29. The van der Waals surface area contributed by atoms with Gasteiger partial charge in [-0.1, -0.05) is 12.8 Å². The Labute approximate surface area is 155 Å². The average Bonchev–Trinajstić information content (AvgIpc) is 3.11. The van der Waals surface area contributed by atoms with Crippen molar-refractivity contribution in [1.29, 1.82) is 0 Å². The number of carbonyl (C=O) groups excluding carboxylic acids is 1. The van der Waals surface area contributed by atoms with Gasteiger partial charge in [0, 0.05) is 6.04 Å². The summed E-state index contributed by atoms with van der Waals surface area (Å²) >= 11 is 0. The van der Waals surface area contributed by atoms with Crippen LogP contribution in [0.3, 0.4) is 0 Å². The summed E-state index contributed by atoms with van der Waals surface area (Å²) in [6.45, 7) is 1.97. The summed E-state index contributed by atoms with van der Waals surface area (Å²) in [6.07, 6.45) is 5.93. The van der Waals surface area contributed by atoms with Gasteiger partial charge in [0.2, 0.25) is 11.7 Å². The van der Waals surface area contributed by atoms with Crippen molar-refractivity contribution in [3.63, 3.8) is 0 Å². The third kappa shape index (κ3) is 3.75. The Kier molecular flexibility index (Phi) is 5.91. The third-order valence-corrected chi connectivity index (χ3v) is 5.73. The number of hydrogen-bond donors (Lipinski definition) is 2. The predicted octanol–water partition coefficient (Wildman–Crippen LogP) is 2.81. The van der Waals surface area contributed by atoms with Gasteiger partial charge in [0.15, 0.2) is 11.5 Å². The summed E-state index contributed by atoms with van der Waals surface area (Å²) in [5.74, 6) is 2.45. The summed E-state index contributed by atoms with van der Waals surface area (Å²) in [4.78, 5) is 12.7. The first-order chi connectivity index (χ1) is 12.6. The molecule has 0 aromatic heterocycles. The molecular formula is C20H30N2O4. The zero-order valence-corrected chi connectivity index (χ0v) is 16.1. The molecule has 1 heterocycles. The molecule has 6 nitrogen and oxygen atoms in total. The van der Waals surface area contributed by atoms with E-state index in [1.165, 1.54) is 25.7 Å². The number of nitrogens with one attached hydrogen (secondary N) is 2. The van der Waals surface area contributed by atoms with Crippen molar-refractivity contribution in [3.8, 4) is 17.2 Å². The minimum atomic E-state index is -0.152. The highest BCUT2D eigenvalue weighted by Gasteiger charge is 2.38. The lowest BCUT2D eigenvalue weighted by atomic mass is 9.85. The van der Waals surface area contributed by atoms with Crippen LogP contribution >= 0.6 is 0 Å². The van der Waals surface area contributed by atoms with E-state index in [1.54, 1.807) is 21.3 Å². The fraction of sp³-hybridized carbons (Fsp3) is 0.650. The van der Waals surface area contributed by atoms with Crippen LogP contribution < -0.4 is 24.8 Å². The normalized spacial score (nSPS) is 25.9. The second kappa shape index (κ2) is 8.16.